The molecule has 0 saturated carbocycles. The summed E-state index contributed by atoms with van der Waals surface area (Å²) >= 11 is 2.83. The molecule has 16 heteroatoms. The predicted molar refractivity (Wildman–Crippen MR) is 101 cm³/mol. The minimum Gasteiger partial charge on any atom is -0.397 e. The van der Waals surface area contributed by atoms with E-state index in [0.717, 1.165) is 0 Å². The number of fused-ring (bicyclic) bond motifs is 2. The Labute approximate surface area is 177 Å². The molecule has 0 fully saturated rings. The smallest absolute Gasteiger partial charge is 0.296 e. The molecule has 0 bridgehead atoms. The number of nitrogen functional groups attached to an aromatic ring is 1. The van der Waals surface area contributed by atoms with E-state index in [0.29, 0.717) is 18.2 Å². The summed E-state index contributed by atoms with van der Waals surface area (Å²) < 4.78 is 97.7. The number of rotatable bonds is 3. The Bertz CT molecular complexity index is 1510. The third-order valence-corrected chi connectivity index (χ3v) is 7.46. The highest BCUT2D eigenvalue weighted by Gasteiger charge is 2.42. The van der Waals surface area contributed by atoms with Gasteiger partial charge in [-0.25, -0.2) is 0 Å². The topological polar surface area (TPSA) is 223 Å². The van der Waals surface area contributed by atoms with Crippen molar-refractivity contribution in [1.29, 1.82) is 0 Å². The molecule has 0 aliphatic heterocycles. The zero-order valence-corrected chi connectivity index (χ0v) is 18.1. The van der Waals surface area contributed by atoms with Gasteiger partial charge in [-0.1, -0.05) is 0 Å². The molecule has 30 heavy (non-hydrogen) atoms. The van der Waals surface area contributed by atoms with E-state index < -0.39 is 89.0 Å². The molecule has 1 aliphatic rings. The third-order valence-electron chi connectivity index (χ3n) is 4.15. The molecule has 0 heterocycles. The van der Waals surface area contributed by atoms with Crippen LogP contribution in [-0.4, -0.2) is 50.5 Å². The first-order valence-electron chi connectivity index (χ1n) is 7.28. The molecule has 5 N–H and O–H groups in total. The number of halogens is 1. The zero-order valence-electron chi connectivity index (χ0n) is 14.0. The van der Waals surface area contributed by atoms with Gasteiger partial charge in [-0.15, -0.1) is 0 Å². The standard InChI is InChI=1S/C14H8BrNO11S3/c15-4-3-7(30(25,26)27)12(16)11-8(4)13(17)9-5(28(19,20)21)1-2-6(29(22,23)24)10(9)14(11)18/h1-3H,16H2,(H,19,20,21)(H,22,23,24)(H,25,26,27). The second kappa shape index (κ2) is 6.64. The highest BCUT2D eigenvalue weighted by atomic mass is 79.9. The lowest BCUT2D eigenvalue weighted by Gasteiger charge is -2.24. The summed E-state index contributed by atoms with van der Waals surface area (Å²) in [6.45, 7) is 0. The Morgan fingerprint density at radius 1 is 0.667 bits per heavy atom. The molecule has 0 spiro atoms. The molecular formula is C14H8BrNO11S3. The van der Waals surface area contributed by atoms with Crippen molar-refractivity contribution in [3.63, 3.8) is 0 Å². The van der Waals surface area contributed by atoms with Gasteiger partial charge in [0.2, 0.25) is 0 Å². The Morgan fingerprint density at radius 2 is 1.03 bits per heavy atom. The highest BCUT2D eigenvalue weighted by molar-refractivity contribution is 9.10. The van der Waals surface area contributed by atoms with Crippen LogP contribution in [-0.2, 0) is 30.4 Å². The minimum atomic E-state index is -5.20. The van der Waals surface area contributed by atoms with Crippen molar-refractivity contribution in [2.45, 2.75) is 14.7 Å². The summed E-state index contributed by atoms with van der Waals surface area (Å²) in [4.78, 5) is 22.8. The van der Waals surface area contributed by atoms with Crippen LogP contribution in [0.2, 0.25) is 0 Å². The van der Waals surface area contributed by atoms with Crippen LogP contribution in [0.5, 0.6) is 0 Å². The molecule has 12 nitrogen and oxygen atoms in total. The van der Waals surface area contributed by atoms with Gasteiger partial charge in [-0.05, 0) is 34.1 Å². The van der Waals surface area contributed by atoms with Crippen LogP contribution in [0.1, 0.15) is 31.8 Å². The van der Waals surface area contributed by atoms with Crippen LogP contribution < -0.4 is 5.73 Å². The Morgan fingerprint density at radius 3 is 1.40 bits per heavy atom. The summed E-state index contributed by atoms with van der Waals surface area (Å²) in [5.74, 6) is -2.76. The van der Waals surface area contributed by atoms with Gasteiger partial charge in [0.1, 0.15) is 14.7 Å². The van der Waals surface area contributed by atoms with Crippen LogP contribution in [0.3, 0.4) is 0 Å². The van der Waals surface area contributed by atoms with Gasteiger partial charge in [0.15, 0.2) is 11.6 Å². The van der Waals surface area contributed by atoms with Gasteiger partial charge in [-0.3, -0.25) is 23.2 Å². The summed E-state index contributed by atoms with van der Waals surface area (Å²) in [5.41, 5.74) is 1.02. The van der Waals surface area contributed by atoms with Crippen molar-refractivity contribution in [2.75, 3.05) is 5.73 Å². The van der Waals surface area contributed by atoms with E-state index in [4.69, 9.17) is 5.73 Å². The number of ketones is 2. The van der Waals surface area contributed by atoms with Crippen molar-refractivity contribution < 1.29 is 48.5 Å². The molecule has 0 amide bonds. The summed E-state index contributed by atoms with van der Waals surface area (Å²) in [7, 11) is -15.3. The lowest BCUT2D eigenvalue weighted by Crippen LogP contribution is -2.28. The number of benzene rings is 2. The van der Waals surface area contributed by atoms with E-state index >= 15 is 0 Å². The van der Waals surface area contributed by atoms with Crippen LogP contribution in [0.4, 0.5) is 5.69 Å². The van der Waals surface area contributed by atoms with Crippen molar-refractivity contribution in [1.82, 2.24) is 0 Å². The minimum absolute atomic E-state index is 0.401. The predicted octanol–water partition coefficient (Wildman–Crippen LogP) is 0.547. The summed E-state index contributed by atoms with van der Waals surface area (Å²) in [6.07, 6.45) is 0. The van der Waals surface area contributed by atoms with Gasteiger partial charge < -0.3 is 5.73 Å². The van der Waals surface area contributed by atoms with Gasteiger partial charge >= 0.3 is 0 Å². The molecule has 1 aliphatic carbocycles. The van der Waals surface area contributed by atoms with Gasteiger partial charge in [-0.2, -0.15) is 25.3 Å². The maximum atomic E-state index is 13.1. The van der Waals surface area contributed by atoms with Crippen molar-refractivity contribution in [3.05, 3.63) is 44.9 Å². The molecule has 160 valence electrons. The lowest BCUT2D eigenvalue weighted by atomic mass is 9.83. The summed E-state index contributed by atoms with van der Waals surface area (Å²) in [6, 6.07) is 1.64. The molecular weight excluding hydrogens is 534 g/mol. The first-order chi connectivity index (χ1) is 13.5. The van der Waals surface area contributed by atoms with Gasteiger partial charge in [0.05, 0.1) is 27.9 Å². The largest absolute Gasteiger partial charge is 0.397 e. The Hall–Kier alpha value is -2.21. The second-order valence-corrected chi connectivity index (χ2v) is 10.9. The molecule has 0 radical (unpaired) electrons. The van der Waals surface area contributed by atoms with E-state index in [1.807, 2.05) is 0 Å². The Kier molecular flexibility index (Phi) is 4.98. The quantitative estimate of drug-likeness (QED) is 0.263. The number of carbonyl (C=O) groups excluding carboxylic acids is 2. The highest BCUT2D eigenvalue weighted by Crippen LogP contribution is 2.42. The first-order valence-corrected chi connectivity index (χ1v) is 12.4. The molecule has 0 saturated heterocycles. The third kappa shape index (κ3) is 3.35. The number of hydrogen-bond acceptors (Lipinski definition) is 9. The monoisotopic (exact) mass is 541 g/mol. The van der Waals surface area contributed by atoms with Crippen LogP contribution in [0.15, 0.2) is 37.4 Å². The van der Waals surface area contributed by atoms with E-state index in [2.05, 4.69) is 15.9 Å². The van der Waals surface area contributed by atoms with Crippen molar-refractivity contribution in [2.24, 2.45) is 0 Å². The van der Waals surface area contributed by atoms with Gasteiger partial charge in [0.25, 0.3) is 30.4 Å². The molecule has 0 unspecified atom stereocenters. The molecule has 2 aromatic rings. The number of anilines is 1. The molecule has 0 atom stereocenters. The SMILES string of the molecule is Nc1c(S(=O)(=O)O)cc(Br)c2c1C(=O)c1c(S(=O)(=O)O)ccc(S(=O)(=O)O)c1C2=O. The number of carbonyl (C=O) groups is 2. The summed E-state index contributed by atoms with van der Waals surface area (Å²) in [5, 5.41) is 0. The zero-order chi connectivity index (χ0) is 23.0. The number of nitrogens with two attached hydrogens (primary N) is 1. The Balaban J connectivity index is 2.61. The van der Waals surface area contributed by atoms with Crippen LogP contribution in [0, 0.1) is 0 Å². The fraction of sp³-hybridized carbons (Fsp3) is 0. The van der Waals surface area contributed by atoms with E-state index in [1.54, 1.807) is 0 Å². The van der Waals surface area contributed by atoms with Crippen LogP contribution >= 0.6 is 15.9 Å². The normalized spacial score (nSPS) is 14.4. The van der Waals surface area contributed by atoms with Crippen molar-refractivity contribution in [3.8, 4) is 0 Å². The maximum Gasteiger partial charge on any atom is 0.296 e. The molecule has 3 rings (SSSR count). The second-order valence-electron chi connectivity index (χ2n) is 5.92. The van der Waals surface area contributed by atoms with E-state index in [1.165, 1.54) is 0 Å². The molecule has 2 aromatic carbocycles. The van der Waals surface area contributed by atoms with E-state index in [9.17, 15) is 48.5 Å². The fourth-order valence-corrected chi connectivity index (χ4v) is 5.80. The lowest BCUT2D eigenvalue weighted by molar-refractivity contribution is 0.0973. The molecule has 0 aromatic heterocycles. The average Bonchev–Trinajstić information content (AvgIpc) is 2.57. The van der Waals surface area contributed by atoms with Crippen molar-refractivity contribution >= 4 is 63.5 Å². The first kappa shape index (κ1) is 22.5. The fourth-order valence-electron chi connectivity index (χ4n) is 3.01. The number of hydrogen-bond donors (Lipinski definition) is 4. The van der Waals surface area contributed by atoms with E-state index in [-0.39, 0.29) is 0 Å². The van der Waals surface area contributed by atoms with Crippen LogP contribution in [0.25, 0.3) is 0 Å². The maximum absolute atomic E-state index is 13.1. The average molecular weight is 542 g/mol. The van der Waals surface area contributed by atoms with Gasteiger partial charge in [0, 0.05) is 4.47 Å².